The van der Waals surface area contributed by atoms with Gasteiger partial charge in [-0.1, -0.05) is 24.3 Å². The number of para-hydroxylation sites is 1. The molecule has 0 atom stereocenters. The standard InChI is InChI=1S/C20H27N7/c1-4-26(17-10-6-5-9-16(17)2)14-12-22-20(21-3)23-15-19-25-24-18-11-7-8-13-27(18)19/h5-11,13H,4,12,14-15H2,1-3H3,(H2,21,22,23). The molecule has 0 bridgehead atoms. The second-order valence-electron chi connectivity index (χ2n) is 6.26. The Morgan fingerprint density at radius 1 is 1.11 bits per heavy atom. The number of aryl methyl sites for hydroxylation is 1. The minimum atomic E-state index is 0.556. The Hall–Kier alpha value is -3.09. The van der Waals surface area contributed by atoms with E-state index in [1.165, 1.54) is 11.3 Å². The summed E-state index contributed by atoms with van der Waals surface area (Å²) in [5, 5.41) is 15.1. The molecule has 3 aromatic rings. The maximum absolute atomic E-state index is 4.30. The summed E-state index contributed by atoms with van der Waals surface area (Å²) in [6.07, 6.45) is 1.96. The number of nitrogens with zero attached hydrogens (tertiary/aromatic N) is 5. The smallest absolute Gasteiger partial charge is 0.191 e. The van der Waals surface area contributed by atoms with Crippen LogP contribution < -0.4 is 15.5 Å². The highest BCUT2D eigenvalue weighted by Crippen LogP contribution is 2.18. The fourth-order valence-electron chi connectivity index (χ4n) is 3.07. The van der Waals surface area contributed by atoms with Crippen molar-refractivity contribution < 1.29 is 0 Å². The van der Waals surface area contributed by atoms with Crippen LogP contribution in [-0.4, -0.2) is 47.2 Å². The summed E-state index contributed by atoms with van der Waals surface area (Å²) in [5.74, 6) is 1.60. The third-order valence-electron chi connectivity index (χ3n) is 4.53. The van der Waals surface area contributed by atoms with Gasteiger partial charge in [0.25, 0.3) is 0 Å². The second kappa shape index (κ2) is 9.02. The molecule has 7 heteroatoms. The van der Waals surface area contributed by atoms with Crippen LogP contribution in [0.25, 0.3) is 5.65 Å². The van der Waals surface area contributed by atoms with Crippen LogP contribution in [0.1, 0.15) is 18.3 Å². The van der Waals surface area contributed by atoms with E-state index in [0.29, 0.717) is 6.54 Å². The number of rotatable bonds is 7. The molecule has 3 rings (SSSR count). The predicted octanol–water partition coefficient (Wildman–Crippen LogP) is 2.23. The minimum Gasteiger partial charge on any atom is -0.370 e. The molecule has 27 heavy (non-hydrogen) atoms. The highest BCUT2D eigenvalue weighted by Gasteiger charge is 2.08. The summed E-state index contributed by atoms with van der Waals surface area (Å²) in [4.78, 5) is 6.66. The Bertz CT molecular complexity index is 900. The van der Waals surface area contributed by atoms with E-state index < -0.39 is 0 Å². The Labute approximate surface area is 160 Å². The van der Waals surface area contributed by atoms with Crippen molar-refractivity contribution in [3.8, 4) is 0 Å². The molecule has 0 amide bonds. The number of guanidine groups is 1. The van der Waals surface area contributed by atoms with E-state index in [1.54, 1.807) is 7.05 Å². The third kappa shape index (κ3) is 4.55. The SMILES string of the molecule is CCN(CCNC(=NC)NCc1nnc2ccccn12)c1ccccc1C. The van der Waals surface area contributed by atoms with E-state index in [1.807, 2.05) is 28.8 Å². The number of anilines is 1. The highest BCUT2D eigenvalue weighted by molar-refractivity contribution is 5.79. The summed E-state index contributed by atoms with van der Waals surface area (Å²) in [6.45, 7) is 7.54. The fourth-order valence-corrected chi connectivity index (χ4v) is 3.07. The second-order valence-corrected chi connectivity index (χ2v) is 6.26. The number of aliphatic imine (C=N–C) groups is 1. The van der Waals surface area contributed by atoms with Gasteiger partial charge in [-0.2, -0.15) is 0 Å². The van der Waals surface area contributed by atoms with Crippen molar-refractivity contribution in [1.29, 1.82) is 0 Å². The predicted molar refractivity (Wildman–Crippen MR) is 110 cm³/mol. The van der Waals surface area contributed by atoms with Gasteiger partial charge >= 0.3 is 0 Å². The van der Waals surface area contributed by atoms with Crippen LogP contribution in [0.15, 0.2) is 53.7 Å². The van der Waals surface area contributed by atoms with Gasteiger partial charge < -0.3 is 15.5 Å². The van der Waals surface area contributed by atoms with Gasteiger partial charge in [0, 0.05) is 38.6 Å². The molecular weight excluding hydrogens is 338 g/mol. The van der Waals surface area contributed by atoms with E-state index >= 15 is 0 Å². The number of aromatic nitrogens is 3. The molecule has 0 aliphatic rings. The van der Waals surface area contributed by atoms with Crippen molar-refractivity contribution in [3.05, 3.63) is 60.0 Å². The molecule has 0 unspecified atom stereocenters. The molecule has 2 N–H and O–H groups in total. The van der Waals surface area contributed by atoms with Crippen LogP contribution in [0.3, 0.4) is 0 Å². The molecule has 2 aromatic heterocycles. The third-order valence-corrected chi connectivity index (χ3v) is 4.53. The van der Waals surface area contributed by atoms with Crippen molar-refractivity contribution in [2.75, 3.05) is 31.6 Å². The maximum Gasteiger partial charge on any atom is 0.191 e. The lowest BCUT2D eigenvalue weighted by atomic mass is 10.2. The van der Waals surface area contributed by atoms with E-state index in [4.69, 9.17) is 0 Å². The van der Waals surface area contributed by atoms with Gasteiger partial charge in [-0.25, -0.2) is 0 Å². The number of pyridine rings is 1. The number of hydrogen-bond acceptors (Lipinski definition) is 4. The topological polar surface area (TPSA) is 69.8 Å². The first-order valence-electron chi connectivity index (χ1n) is 9.26. The highest BCUT2D eigenvalue weighted by atomic mass is 15.3. The lowest BCUT2D eigenvalue weighted by Gasteiger charge is -2.25. The lowest BCUT2D eigenvalue weighted by molar-refractivity contribution is 0.733. The Morgan fingerprint density at radius 2 is 1.93 bits per heavy atom. The summed E-state index contributed by atoms with van der Waals surface area (Å²) in [5.41, 5.74) is 3.41. The number of fused-ring (bicyclic) bond motifs is 1. The Morgan fingerprint density at radius 3 is 2.70 bits per heavy atom. The molecule has 2 heterocycles. The molecule has 142 valence electrons. The summed E-state index contributed by atoms with van der Waals surface area (Å²) in [6, 6.07) is 14.3. The molecule has 0 saturated carbocycles. The zero-order valence-electron chi connectivity index (χ0n) is 16.2. The van der Waals surface area contributed by atoms with Crippen LogP contribution in [0.5, 0.6) is 0 Å². The Kier molecular flexibility index (Phi) is 6.25. The van der Waals surface area contributed by atoms with Crippen molar-refractivity contribution >= 4 is 17.3 Å². The van der Waals surface area contributed by atoms with Gasteiger partial charge in [-0.05, 0) is 37.6 Å². The molecule has 0 aliphatic heterocycles. The van der Waals surface area contributed by atoms with E-state index in [2.05, 4.69) is 68.8 Å². The van der Waals surface area contributed by atoms with E-state index in [9.17, 15) is 0 Å². The van der Waals surface area contributed by atoms with Crippen molar-refractivity contribution in [2.45, 2.75) is 20.4 Å². The molecule has 1 aromatic carbocycles. The fraction of sp³-hybridized carbons (Fsp3) is 0.350. The van der Waals surface area contributed by atoms with Crippen LogP contribution in [0.2, 0.25) is 0 Å². The van der Waals surface area contributed by atoms with Crippen LogP contribution >= 0.6 is 0 Å². The van der Waals surface area contributed by atoms with E-state index in [-0.39, 0.29) is 0 Å². The van der Waals surface area contributed by atoms with Gasteiger partial charge in [0.2, 0.25) is 0 Å². The van der Waals surface area contributed by atoms with Crippen LogP contribution in [0.4, 0.5) is 5.69 Å². The number of nitrogens with one attached hydrogen (secondary N) is 2. The van der Waals surface area contributed by atoms with Crippen LogP contribution in [0, 0.1) is 6.92 Å². The normalized spacial score (nSPS) is 11.6. The molecule has 0 aliphatic carbocycles. The van der Waals surface area contributed by atoms with E-state index in [0.717, 1.165) is 37.1 Å². The summed E-state index contributed by atoms with van der Waals surface area (Å²) < 4.78 is 1.97. The molecule has 0 saturated heterocycles. The minimum absolute atomic E-state index is 0.556. The zero-order chi connectivity index (χ0) is 19.1. The van der Waals surface area contributed by atoms with Gasteiger partial charge in [-0.15, -0.1) is 10.2 Å². The van der Waals surface area contributed by atoms with Gasteiger partial charge in [-0.3, -0.25) is 9.39 Å². The largest absolute Gasteiger partial charge is 0.370 e. The number of hydrogen-bond donors (Lipinski definition) is 2. The Balaban J connectivity index is 1.52. The molecule has 7 nitrogen and oxygen atoms in total. The monoisotopic (exact) mass is 365 g/mol. The average molecular weight is 365 g/mol. The summed E-state index contributed by atoms with van der Waals surface area (Å²) >= 11 is 0. The van der Waals surface area contributed by atoms with Gasteiger partial charge in [0.15, 0.2) is 17.4 Å². The van der Waals surface area contributed by atoms with Gasteiger partial charge in [0.05, 0.1) is 6.54 Å². The van der Waals surface area contributed by atoms with Gasteiger partial charge in [0.1, 0.15) is 0 Å². The molecule has 0 radical (unpaired) electrons. The molecule has 0 spiro atoms. The van der Waals surface area contributed by atoms with Crippen molar-refractivity contribution in [1.82, 2.24) is 25.2 Å². The lowest BCUT2D eigenvalue weighted by Crippen LogP contribution is -2.41. The number of benzene rings is 1. The quantitative estimate of drug-likeness (QED) is 0.496. The van der Waals surface area contributed by atoms with Crippen molar-refractivity contribution in [3.63, 3.8) is 0 Å². The first-order chi connectivity index (χ1) is 13.2. The first-order valence-corrected chi connectivity index (χ1v) is 9.26. The molecular formula is C20H27N7. The first kappa shape index (κ1) is 18.7. The molecule has 0 fully saturated rings. The van der Waals surface area contributed by atoms with Crippen LogP contribution in [-0.2, 0) is 6.54 Å². The average Bonchev–Trinajstić information content (AvgIpc) is 3.12. The maximum atomic E-state index is 4.30. The van der Waals surface area contributed by atoms with Crippen molar-refractivity contribution in [2.24, 2.45) is 4.99 Å². The zero-order valence-corrected chi connectivity index (χ0v) is 16.2. The summed E-state index contributed by atoms with van der Waals surface area (Å²) in [7, 11) is 1.77. The number of likely N-dealkylation sites (N-methyl/N-ethyl adjacent to an activating group) is 1.